The Hall–Kier alpha value is -1.68. The van der Waals surface area contributed by atoms with Crippen LogP contribution in [0, 0.1) is 0 Å². The fourth-order valence-electron chi connectivity index (χ4n) is 2.10. The number of imidazole rings is 1. The Morgan fingerprint density at radius 2 is 1.74 bits per heavy atom. The van der Waals surface area contributed by atoms with E-state index in [9.17, 15) is 5.21 Å². The molecular weight excluding hydrogens is 436 g/mol. The topological polar surface area (TPSA) is 154 Å². The van der Waals surface area contributed by atoms with Gasteiger partial charge < -0.3 is 31.3 Å². The summed E-state index contributed by atoms with van der Waals surface area (Å²) in [6.07, 6.45) is 4.06. The molecule has 1 rings (SSSR count). The molecule has 0 fully saturated rings. The van der Waals surface area contributed by atoms with E-state index in [1.165, 1.54) is 0 Å². The van der Waals surface area contributed by atoms with Crippen molar-refractivity contribution in [2.45, 2.75) is 58.7 Å². The van der Waals surface area contributed by atoms with E-state index < -0.39 is 11.1 Å². The fraction of sp³-hybridized carbons (Fsp3) is 0.688. The zero-order chi connectivity index (χ0) is 21.1. The summed E-state index contributed by atoms with van der Waals surface area (Å²) >= 11 is 0.900. The number of oxime groups is 2. The Balaban J connectivity index is 0.00000326. The summed E-state index contributed by atoms with van der Waals surface area (Å²) in [4.78, 5) is 3.95. The maximum atomic E-state index is 9.35. The van der Waals surface area contributed by atoms with Gasteiger partial charge in [0.25, 0.3) is 0 Å². The Bertz CT molecular complexity index is 629. The fourth-order valence-corrected chi connectivity index (χ4v) is 2.10. The van der Waals surface area contributed by atoms with E-state index in [0.29, 0.717) is 37.0 Å². The van der Waals surface area contributed by atoms with Crippen LogP contribution in [-0.4, -0.2) is 55.6 Å². The first-order chi connectivity index (χ1) is 12.6. The van der Waals surface area contributed by atoms with Gasteiger partial charge in [0.1, 0.15) is 0 Å². The molecule has 4 N–H and O–H groups in total. The van der Waals surface area contributed by atoms with Crippen molar-refractivity contribution < 1.29 is 32.8 Å². The average molecular weight is 465 g/mol. The van der Waals surface area contributed by atoms with Crippen LogP contribution in [0.4, 0.5) is 5.95 Å². The van der Waals surface area contributed by atoms with Gasteiger partial charge in [0.2, 0.25) is 0 Å². The first kappa shape index (κ1) is 25.3. The molecule has 0 radical (unpaired) electrons. The van der Waals surface area contributed by atoms with E-state index in [1.807, 2.05) is 27.7 Å². The molecule has 0 saturated heterocycles. The van der Waals surface area contributed by atoms with E-state index in [-0.39, 0.29) is 0 Å². The molecule has 0 unspecified atom stereocenters. The van der Waals surface area contributed by atoms with Crippen molar-refractivity contribution >= 4 is 17.4 Å². The number of rotatable bonds is 10. The van der Waals surface area contributed by atoms with Gasteiger partial charge in [0.15, 0.2) is 5.95 Å². The van der Waals surface area contributed by atoms with Crippen LogP contribution in [0.25, 0.3) is 10.6 Å². The molecule has 0 spiro atoms. The molecule has 0 amide bonds. The van der Waals surface area contributed by atoms with Gasteiger partial charge in [-0.25, -0.2) is 4.98 Å². The number of nitrogen functional groups attached to an aromatic ring is 1. The van der Waals surface area contributed by atoms with Gasteiger partial charge in [-0.15, -0.1) is 5.16 Å². The summed E-state index contributed by atoms with van der Waals surface area (Å²) in [5, 5.41) is 34.0. The Kier molecular flexibility index (Phi) is 11.2. The van der Waals surface area contributed by atoms with Crippen molar-refractivity contribution in [1.29, 1.82) is 0 Å². The monoisotopic (exact) mass is 464 g/mol. The van der Waals surface area contributed by atoms with Crippen molar-refractivity contribution in [3.05, 3.63) is 23.0 Å². The molecule has 0 saturated carbocycles. The summed E-state index contributed by atoms with van der Waals surface area (Å²) in [5.74, 6) is 0.360. The molecular formula is C16H29N7O3Tc. The first-order valence-electron chi connectivity index (χ1n) is 8.34. The Morgan fingerprint density at radius 3 is 2.19 bits per heavy atom. The standard InChI is InChI=1S/C16H29N7O2.O.Tc/c1-12(21-24)15(2,3)19-7-6-8-20-16(4,5)13(22-25)11-23-10-9-18-14(23)17;;/h9-10,24-25H,6-8,11H2,1-5H3,(H2,17,18);;/q-2;;+2/b21-12+,22-13+;;. The maximum absolute atomic E-state index is 9.35. The van der Waals surface area contributed by atoms with Gasteiger partial charge in [0.05, 0.1) is 12.3 Å². The number of nitrogens with two attached hydrogens (primary N) is 1. The van der Waals surface area contributed by atoms with E-state index in [4.69, 9.17) is 14.4 Å². The van der Waals surface area contributed by atoms with Crippen molar-refractivity contribution in [2.75, 3.05) is 18.8 Å². The molecule has 11 heteroatoms. The second-order valence-corrected chi connectivity index (χ2v) is 6.88. The quantitative estimate of drug-likeness (QED) is 0.210. The Labute approximate surface area is 170 Å². The summed E-state index contributed by atoms with van der Waals surface area (Å²) < 4.78 is 9.92. The summed E-state index contributed by atoms with van der Waals surface area (Å²) in [7, 11) is 0. The molecule has 0 aliphatic rings. The van der Waals surface area contributed by atoms with Crippen LogP contribution in [0.15, 0.2) is 22.7 Å². The van der Waals surface area contributed by atoms with Crippen molar-refractivity contribution in [1.82, 2.24) is 9.55 Å². The molecule has 0 aliphatic carbocycles. The summed E-state index contributed by atoms with van der Waals surface area (Å²) in [5.41, 5.74) is 5.68. The van der Waals surface area contributed by atoms with Gasteiger partial charge >= 0.3 is 22.4 Å². The molecule has 0 bridgehead atoms. The molecule has 0 aliphatic heterocycles. The van der Waals surface area contributed by atoms with Gasteiger partial charge in [-0.1, -0.05) is 50.3 Å². The Morgan fingerprint density at radius 1 is 1.19 bits per heavy atom. The van der Waals surface area contributed by atoms with Crippen LogP contribution in [0.3, 0.4) is 0 Å². The molecule has 153 valence electrons. The number of anilines is 1. The van der Waals surface area contributed by atoms with Crippen LogP contribution >= 0.6 is 0 Å². The number of hydrogen-bond donors (Lipinski definition) is 3. The van der Waals surface area contributed by atoms with Crippen molar-refractivity contribution in [2.24, 2.45) is 10.3 Å². The van der Waals surface area contributed by atoms with Crippen LogP contribution in [0.1, 0.15) is 41.0 Å². The molecule has 1 aromatic rings. The third-order valence-electron chi connectivity index (χ3n) is 4.26. The SMILES string of the molecule is C/C(=N\O)C(C)(C)[N-]CCC[N-]C(C)(C)/C(Cn1ccnc1N)=N/O.[O]=[Tc+2]. The van der Waals surface area contributed by atoms with Crippen molar-refractivity contribution in [3.63, 3.8) is 0 Å². The van der Waals surface area contributed by atoms with Crippen molar-refractivity contribution in [3.8, 4) is 0 Å². The molecule has 1 heterocycles. The van der Waals surface area contributed by atoms with Crippen LogP contribution in [0.2, 0.25) is 0 Å². The molecule has 0 aromatic carbocycles. The third kappa shape index (κ3) is 8.25. The molecule has 10 nitrogen and oxygen atoms in total. The van der Waals surface area contributed by atoms with E-state index in [0.717, 1.165) is 25.3 Å². The van der Waals surface area contributed by atoms with Gasteiger partial charge in [-0.2, -0.15) is 13.1 Å². The number of aromatic nitrogens is 2. The van der Waals surface area contributed by atoms with Gasteiger partial charge in [-0.05, 0) is 6.92 Å². The predicted octanol–water partition coefficient (Wildman–Crippen LogP) is 2.72. The molecule has 27 heavy (non-hydrogen) atoms. The van der Waals surface area contributed by atoms with Crippen LogP contribution < -0.4 is 5.73 Å². The summed E-state index contributed by atoms with van der Waals surface area (Å²) in [6.45, 7) is 10.8. The van der Waals surface area contributed by atoms with Gasteiger partial charge in [0, 0.05) is 18.1 Å². The minimum atomic E-state index is -0.635. The average Bonchev–Trinajstić information content (AvgIpc) is 3.04. The zero-order valence-corrected chi connectivity index (χ0v) is 18.3. The second kappa shape index (κ2) is 11.9. The number of hydrogen-bond acceptors (Lipinski definition) is 7. The number of nitrogens with zero attached hydrogens (tertiary/aromatic N) is 6. The normalized spacial score (nSPS) is 13.2. The second-order valence-electron chi connectivity index (χ2n) is 6.88. The first-order valence-corrected chi connectivity index (χ1v) is 9.10. The van der Waals surface area contributed by atoms with Crippen LogP contribution in [-0.2, 0) is 28.9 Å². The molecule has 1 aromatic heterocycles. The summed E-state index contributed by atoms with van der Waals surface area (Å²) in [6, 6.07) is 0. The zero-order valence-electron chi connectivity index (χ0n) is 16.4. The minimum absolute atomic E-state index is 0.322. The van der Waals surface area contributed by atoms with Crippen LogP contribution in [0.5, 0.6) is 0 Å². The van der Waals surface area contributed by atoms with E-state index in [1.54, 1.807) is 23.9 Å². The molecule has 0 atom stereocenters. The third-order valence-corrected chi connectivity index (χ3v) is 4.26. The van der Waals surface area contributed by atoms with E-state index in [2.05, 4.69) is 25.9 Å². The van der Waals surface area contributed by atoms with Gasteiger partial charge in [-0.3, -0.25) is 0 Å². The predicted molar refractivity (Wildman–Crippen MR) is 101 cm³/mol. The van der Waals surface area contributed by atoms with E-state index >= 15 is 0 Å².